The van der Waals surface area contributed by atoms with Gasteiger partial charge in [-0.2, -0.15) is 8.42 Å². The highest BCUT2D eigenvalue weighted by molar-refractivity contribution is 7.86. The molecule has 0 spiro atoms. The van der Waals surface area contributed by atoms with E-state index in [0.29, 0.717) is 6.42 Å². The summed E-state index contributed by atoms with van der Waals surface area (Å²) in [5.41, 5.74) is 0. The molecule has 4 nitrogen and oxygen atoms in total. The van der Waals surface area contributed by atoms with Crippen molar-refractivity contribution in [2.75, 3.05) is 6.61 Å². The van der Waals surface area contributed by atoms with Gasteiger partial charge in [0.1, 0.15) is 0 Å². The van der Waals surface area contributed by atoms with Gasteiger partial charge in [-0.25, -0.2) is 0 Å². The first kappa shape index (κ1) is 16.1. The Morgan fingerprint density at radius 3 is 2.47 bits per heavy atom. The smallest absolute Gasteiger partial charge is 0.297 e. The second-order valence-corrected chi connectivity index (χ2v) is 6.17. The van der Waals surface area contributed by atoms with E-state index in [0.717, 1.165) is 25.7 Å². The van der Waals surface area contributed by atoms with Crippen molar-refractivity contribution in [2.24, 2.45) is 0 Å². The molecular weight excluding hydrogens is 264 g/mol. The monoisotopic (exact) mass is 286 g/mol. The number of hydrogen-bond donors (Lipinski definition) is 1. The van der Waals surface area contributed by atoms with Gasteiger partial charge < -0.3 is 5.11 Å². The van der Waals surface area contributed by atoms with Gasteiger partial charge in [-0.05, 0) is 18.6 Å². The van der Waals surface area contributed by atoms with Crippen molar-refractivity contribution in [3.05, 3.63) is 30.3 Å². The minimum Gasteiger partial charge on any atom is -0.391 e. The summed E-state index contributed by atoms with van der Waals surface area (Å²) in [5.74, 6) is 0. The Balaban J connectivity index is 2.35. The van der Waals surface area contributed by atoms with Crippen LogP contribution in [0.15, 0.2) is 35.2 Å². The molecule has 0 heterocycles. The minimum atomic E-state index is -3.75. The van der Waals surface area contributed by atoms with E-state index in [1.54, 1.807) is 18.2 Å². The first-order chi connectivity index (χ1) is 9.06. The number of hydrogen-bond acceptors (Lipinski definition) is 4. The van der Waals surface area contributed by atoms with Gasteiger partial charge in [0.2, 0.25) is 0 Å². The average molecular weight is 286 g/mol. The summed E-state index contributed by atoms with van der Waals surface area (Å²) in [6.07, 6.45) is 4.06. The molecule has 1 aromatic rings. The van der Waals surface area contributed by atoms with E-state index in [9.17, 15) is 13.5 Å². The van der Waals surface area contributed by atoms with Gasteiger partial charge in [0.15, 0.2) is 0 Å². The van der Waals surface area contributed by atoms with Crippen molar-refractivity contribution in [2.45, 2.75) is 50.0 Å². The fourth-order valence-electron chi connectivity index (χ4n) is 1.71. The summed E-state index contributed by atoms with van der Waals surface area (Å²) in [7, 11) is -3.75. The standard InChI is InChI=1S/C14H22O4S/c1-2-3-4-6-9-13(15)12-18-19(16,17)14-10-7-5-8-11-14/h5,7-8,10-11,13,15H,2-4,6,9,12H2,1H3/t13-/m0/s1. The molecular formula is C14H22O4S. The number of aliphatic hydroxyl groups is 1. The van der Waals surface area contributed by atoms with Gasteiger partial charge in [-0.1, -0.05) is 50.8 Å². The van der Waals surface area contributed by atoms with Crippen molar-refractivity contribution < 1.29 is 17.7 Å². The Bertz CT molecular complexity index is 442. The largest absolute Gasteiger partial charge is 0.391 e. The fourth-order valence-corrected chi connectivity index (χ4v) is 2.68. The maximum absolute atomic E-state index is 11.8. The lowest BCUT2D eigenvalue weighted by atomic mass is 10.1. The molecule has 5 heteroatoms. The van der Waals surface area contributed by atoms with Crippen LogP contribution in [0.25, 0.3) is 0 Å². The zero-order valence-corrected chi connectivity index (χ0v) is 12.1. The highest BCUT2D eigenvalue weighted by Crippen LogP contribution is 2.13. The Labute approximate surface area is 115 Å². The average Bonchev–Trinajstić information content (AvgIpc) is 2.42. The lowest BCUT2D eigenvalue weighted by molar-refractivity contribution is 0.100. The zero-order valence-electron chi connectivity index (χ0n) is 11.3. The predicted octanol–water partition coefficient (Wildman–Crippen LogP) is 2.72. The molecule has 0 aliphatic heterocycles. The molecule has 1 rings (SSSR count). The van der Waals surface area contributed by atoms with E-state index in [1.165, 1.54) is 12.1 Å². The van der Waals surface area contributed by atoms with Gasteiger partial charge in [0.05, 0.1) is 17.6 Å². The van der Waals surface area contributed by atoms with E-state index in [4.69, 9.17) is 4.18 Å². The lowest BCUT2D eigenvalue weighted by Crippen LogP contribution is -2.18. The number of rotatable bonds is 9. The SMILES string of the molecule is CCCCCC[C@H](O)COS(=O)(=O)c1ccccc1. The molecule has 0 aromatic heterocycles. The third-order valence-corrected chi connectivity index (χ3v) is 4.13. The predicted molar refractivity (Wildman–Crippen MR) is 74.3 cm³/mol. The zero-order chi connectivity index (χ0) is 14.1. The van der Waals surface area contributed by atoms with Crippen LogP contribution >= 0.6 is 0 Å². The second kappa shape index (κ2) is 8.30. The van der Waals surface area contributed by atoms with Crippen molar-refractivity contribution in [3.8, 4) is 0 Å². The topological polar surface area (TPSA) is 63.6 Å². The molecule has 1 aromatic carbocycles. The van der Waals surface area contributed by atoms with E-state index < -0.39 is 16.2 Å². The maximum Gasteiger partial charge on any atom is 0.297 e. The van der Waals surface area contributed by atoms with Crippen molar-refractivity contribution >= 4 is 10.1 Å². The quantitative estimate of drug-likeness (QED) is 0.560. The Morgan fingerprint density at radius 1 is 1.16 bits per heavy atom. The summed E-state index contributed by atoms with van der Waals surface area (Å²) < 4.78 is 28.4. The van der Waals surface area contributed by atoms with Crippen LogP contribution in [-0.4, -0.2) is 26.2 Å². The normalized spacial score (nSPS) is 13.4. The molecule has 0 saturated carbocycles. The summed E-state index contributed by atoms with van der Waals surface area (Å²) in [5, 5.41) is 9.67. The molecule has 0 aliphatic carbocycles. The van der Waals surface area contributed by atoms with E-state index in [1.807, 2.05) is 0 Å². The molecule has 1 N–H and O–H groups in total. The van der Waals surface area contributed by atoms with E-state index in [-0.39, 0.29) is 11.5 Å². The maximum atomic E-state index is 11.8. The van der Waals surface area contributed by atoms with E-state index >= 15 is 0 Å². The molecule has 0 aliphatic rings. The third-order valence-electron chi connectivity index (χ3n) is 2.84. The van der Waals surface area contributed by atoms with Gasteiger partial charge in [0, 0.05) is 0 Å². The van der Waals surface area contributed by atoms with Crippen molar-refractivity contribution in [1.82, 2.24) is 0 Å². The molecule has 108 valence electrons. The highest BCUT2D eigenvalue weighted by Gasteiger charge is 2.16. The van der Waals surface area contributed by atoms with Gasteiger partial charge >= 0.3 is 0 Å². The molecule has 19 heavy (non-hydrogen) atoms. The van der Waals surface area contributed by atoms with Crippen molar-refractivity contribution in [3.63, 3.8) is 0 Å². The molecule has 0 bridgehead atoms. The summed E-state index contributed by atoms with van der Waals surface area (Å²) in [6, 6.07) is 7.96. The molecule has 0 amide bonds. The molecule has 0 radical (unpaired) electrons. The van der Waals surface area contributed by atoms with Crippen molar-refractivity contribution in [1.29, 1.82) is 0 Å². The molecule has 0 fully saturated rings. The van der Waals surface area contributed by atoms with Crippen LogP contribution in [0, 0.1) is 0 Å². The second-order valence-electron chi connectivity index (χ2n) is 4.55. The molecule has 0 saturated heterocycles. The Morgan fingerprint density at radius 2 is 1.84 bits per heavy atom. The van der Waals surface area contributed by atoms with Crippen LogP contribution in [0.5, 0.6) is 0 Å². The van der Waals surface area contributed by atoms with Crippen LogP contribution in [0.3, 0.4) is 0 Å². The summed E-state index contributed by atoms with van der Waals surface area (Å²) >= 11 is 0. The van der Waals surface area contributed by atoms with E-state index in [2.05, 4.69) is 6.92 Å². The molecule has 0 unspecified atom stereocenters. The summed E-state index contributed by atoms with van der Waals surface area (Å²) in [6.45, 7) is 1.94. The van der Waals surface area contributed by atoms with Gasteiger partial charge in [0.25, 0.3) is 10.1 Å². The first-order valence-corrected chi connectivity index (χ1v) is 8.09. The number of aliphatic hydroxyl groups excluding tert-OH is 1. The summed E-state index contributed by atoms with van der Waals surface area (Å²) in [4.78, 5) is 0.119. The number of benzene rings is 1. The minimum absolute atomic E-state index is 0.119. The number of unbranched alkanes of at least 4 members (excludes halogenated alkanes) is 3. The first-order valence-electron chi connectivity index (χ1n) is 6.69. The van der Waals surface area contributed by atoms with Gasteiger partial charge in [-0.3, -0.25) is 4.18 Å². The van der Waals surface area contributed by atoms with Crippen LogP contribution in [0.4, 0.5) is 0 Å². The third kappa shape index (κ3) is 6.18. The van der Waals surface area contributed by atoms with Crippen LogP contribution in [0.1, 0.15) is 39.0 Å². The van der Waals surface area contributed by atoms with Gasteiger partial charge in [-0.15, -0.1) is 0 Å². The highest BCUT2D eigenvalue weighted by atomic mass is 32.2. The van der Waals surface area contributed by atoms with Crippen LogP contribution < -0.4 is 0 Å². The Kier molecular flexibility index (Phi) is 7.05. The lowest BCUT2D eigenvalue weighted by Gasteiger charge is -2.11. The molecule has 1 atom stereocenters. The Hall–Kier alpha value is -0.910. The van der Waals surface area contributed by atoms with Crippen LogP contribution in [0.2, 0.25) is 0 Å². The fraction of sp³-hybridized carbons (Fsp3) is 0.571. The van der Waals surface area contributed by atoms with Crippen LogP contribution in [-0.2, 0) is 14.3 Å².